The van der Waals surface area contributed by atoms with Gasteiger partial charge < -0.3 is 14.2 Å². The molecule has 0 aliphatic carbocycles. The minimum Gasteiger partial charge on any atom is -0.462 e. The number of hydrogen-bond donors (Lipinski definition) is 0. The molecule has 6 heteroatoms. The van der Waals surface area contributed by atoms with Crippen LogP contribution in [0.15, 0.2) is 134 Å². The predicted molar refractivity (Wildman–Crippen MR) is 353 cm³/mol. The van der Waals surface area contributed by atoms with Crippen LogP contribution >= 0.6 is 0 Å². The fourth-order valence-electron chi connectivity index (χ4n) is 9.18. The third-order valence-electron chi connectivity index (χ3n) is 14.2. The zero-order valence-electron chi connectivity index (χ0n) is 52.8. The van der Waals surface area contributed by atoms with Crippen LogP contribution in [0.2, 0.25) is 0 Å². The van der Waals surface area contributed by atoms with E-state index in [2.05, 4.69) is 154 Å². The smallest absolute Gasteiger partial charge is 0.306 e. The summed E-state index contributed by atoms with van der Waals surface area (Å²) in [7, 11) is 0. The molecule has 0 aromatic carbocycles. The average molecular weight is 1120 g/mol. The van der Waals surface area contributed by atoms with Crippen LogP contribution in [0.5, 0.6) is 0 Å². The molecule has 0 rings (SSSR count). The molecule has 0 aliphatic heterocycles. The third kappa shape index (κ3) is 66.2. The third-order valence-corrected chi connectivity index (χ3v) is 14.2. The van der Waals surface area contributed by atoms with Gasteiger partial charge in [0.2, 0.25) is 0 Å². The van der Waals surface area contributed by atoms with Gasteiger partial charge in [-0.2, -0.15) is 0 Å². The van der Waals surface area contributed by atoms with Crippen molar-refractivity contribution in [2.75, 3.05) is 13.2 Å². The van der Waals surface area contributed by atoms with Gasteiger partial charge in [0.1, 0.15) is 13.2 Å². The van der Waals surface area contributed by atoms with Gasteiger partial charge in [-0.3, -0.25) is 14.4 Å². The van der Waals surface area contributed by atoms with E-state index in [0.717, 1.165) is 141 Å². The van der Waals surface area contributed by atoms with Gasteiger partial charge in [0.15, 0.2) is 6.10 Å². The first-order valence-electron chi connectivity index (χ1n) is 33.7. The Bertz CT molecular complexity index is 1720. The Kier molecular flexibility index (Phi) is 64.3. The Labute approximate surface area is 500 Å². The van der Waals surface area contributed by atoms with Crippen molar-refractivity contribution in [3.8, 4) is 0 Å². The first kappa shape index (κ1) is 76.5. The Morgan fingerprint density at radius 3 is 0.765 bits per heavy atom. The molecule has 0 amide bonds. The molecule has 0 aliphatic rings. The van der Waals surface area contributed by atoms with E-state index in [1.807, 2.05) is 0 Å². The van der Waals surface area contributed by atoms with E-state index in [9.17, 15) is 14.4 Å². The maximum absolute atomic E-state index is 12.9. The number of hydrogen-bond acceptors (Lipinski definition) is 6. The number of carbonyl (C=O) groups excluding carboxylic acids is 3. The molecule has 0 fully saturated rings. The second kappa shape index (κ2) is 68.1. The standard InChI is InChI=1S/C75H124O6/c1-4-7-10-13-16-19-22-25-27-29-30-31-32-33-34-35-36-37-38-39-40-41-42-43-44-46-47-50-53-56-59-62-65-68-74(77)80-71-72(70-79-73(76)67-64-61-58-55-52-49-24-21-18-15-12-9-6-3)81-75(78)69-66-63-60-57-54-51-48-45-28-26-23-20-17-14-11-8-5-2/h7,9-10,12,16,18-19,21,25,27,30-31,33-34,36-37,39-40,42-43,49,52,72H,4-6,8,11,13-15,17,20,22-24,26,28-29,32,35,38,41,44-48,50-51,53-71H2,1-3H3/b10-7-,12-9-,19-16-,21-18-,27-25-,31-30-,34-33-,37-36-,40-39-,43-42-,52-49-. The molecule has 0 radical (unpaired) electrons. The van der Waals surface area contributed by atoms with E-state index in [0.29, 0.717) is 19.3 Å². The summed E-state index contributed by atoms with van der Waals surface area (Å²) in [6.45, 7) is 6.40. The molecule has 0 aromatic rings. The quantitative estimate of drug-likeness (QED) is 0.0261. The summed E-state index contributed by atoms with van der Waals surface area (Å²) in [6, 6.07) is 0. The zero-order valence-corrected chi connectivity index (χ0v) is 52.8. The van der Waals surface area contributed by atoms with Gasteiger partial charge in [-0.25, -0.2) is 0 Å². The Hall–Kier alpha value is -4.45. The number of unbranched alkanes of at least 4 members (excludes halogenated alkanes) is 27. The van der Waals surface area contributed by atoms with Crippen molar-refractivity contribution in [2.24, 2.45) is 0 Å². The van der Waals surface area contributed by atoms with Crippen LogP contribution in [-0.4, -0.2) is 37.2 Å². The van der Waals surface area contributed by atoms with E-state index in [1.54, 1.807) is 0 Å². The van der Waals surface area contributed by atoms with Gasteiger partial charge in [0.05, 0.1) is 0 Å². The molecule has 0 bridgehead atoms. The fourth-order valence-corrected chi connectivity index (χ4v) is 9.18. The highest BCUT2D eigenvalue weighted by Crippen LogP contribution is 2.16. The largest absolute Gasteiger partial charge is 0.462 e. The van der Waals surface area contributed by atoms with Gasteiger partial charge in [-0.1, -0.05) is 302 Å². The van der Waals surface area contributed by atoms with Gasteiger partial charge in [-0.15, -0.1) is 0 Å². The van der Waals surface area contributed by atoms with Gasteiger partial charge in [0.25, 0.3) is 0 Å². The van der Waals surface area contributed by atoms with E-state index in [-0.39, 0.29) is 31.1 Å². The molecular formula is C75H124O6. The summed E-state index contributed by atoms with van der Waals surface area (Å²) in [5.74, 6) is -0.923. The van der Waals surface area contributed by atoms with E-state index < -0.39 is 6.10 Å². The minimum absolute atomic E-state index is 0.0924. The Morgan fingerprint density at radius 1 is 0.259 bits per heavy atom. The van der Waals surface area contributed by atoms with Gasteiger partial charge in [-0.05, 0) is 116 Å². The molecule has 81 heavy (non-hydrogen) atoms. The molecule has 0 N–H and O–H groups in total. The highest BCUT2D eigenvalue weighted by Gasteiger charge is 2.19. The van der Waals surface area contributed by atoms with Crippen LogP contribution in [0, 0.1) is 0 Å². The Balaban J connectivity index is 4.29. The lowest BCUT2D eigenvalue weighted by Crippen LogP contribution is -2.30. The van der Waals surface area contributed by atoms with Crippen LogP contribution in [0.1, 0.15) is 303 Å². The van der Waals surface area contributed by atoms with E-state index >= 15 is 0 Å². The molecule has 0 aromatic heterocycles. The fraction of sp³-hybridized carbons (Fsp3) is 0.667. The van der Waals surface area contributed by atoms with Crippen LogP contribution < -0.4 is 0 Å². The minimum atomic E-state index is -0.796. The van der Waals surface area contributed by atoms with Crippen molar-refractivity contribution < 1.29 is 28.6 Å². The summed E-state index contributed by atoms with van der Waals surface area (Å²) in [6.07, 6.45) is 96.1. The predicted octanol–water partition coefficient (Wildman–Crippen LogP) is 23.3. The monoisotopic (exact) mass is 1120 g/mol. The molecule has 460 valence electrons. The number of rotatable bonds is 60. The van der Waals surface area contributed by atoms with Gasteiger partial charge in [0, 0.05) is 19.3 Å². The van der Waals surface area contributed by atoms with Crippen molar-refractivity contribution in [1.29, 1.82) is 0 Å². The molecule has 0 saturated heterocycles. The van der Waals surface area contributed by atoms with Crippen LogP contribution in [0.4, 0.5) is 0 Å². The normalized spacial score (nSPS) is 13.0. The van der Waals surface area contributed by atoms with Crippen molar-refractivity contribution in [3.05, 3.63) is 134 Å². The summed E-state index contributed by atoms with van der Waals surface area (Å²) in [5.41, 5.74) is 0. The van der Waals surface area contributed by atoms with Crippen LogP contribution in [0.3, 0.4) is 0 Å². The lowest BCUT2D eigenvalue weighted by atomic mass is 10.0. The molecule has 0 heterocycles. The number of ether oxygens (including phenoxy) is 3. The molecule has 1 unspecified atom stereocenters. The second-order valence-electron chi connectivity index (χ2n) is 22.0. The summed E-state index contributed by atoms with van der Waals surface area (Å²) in [4.78, 5) is 38.3. The first-order chi connectivity index (χ1) is 40.0. The summed E-state index contributed by atoms with van der Waals surface area (Å²) in [5, 5.41) is 0. The van der Waals surface area contributed by atoms with Crippen molar-refractivity contribution in [1.82, 2.24) is 0 Å². The van der Waals surface area contributed by atoms with Crippen LogP contribution in [0.25, 0.3) is 0 Å². The first-order valence-corrected chi connectivity index (χ1v) is 33.7. The van der Waals surface area contributed by atoms with Crippen molar-refractivity contribution in [2.45, 2.75) is 309 Å². The molecule has 0 saturated carbocycles. The number of allylic oxidation sites excluding steroid dienone is 22. The number of carbonyl (C=O) groups is 3. The summed E-state index contributed by atoms with van der Waals surface area (Å²) >= 11 is 0. The highest BCUT2D eigenvalue weighted by molar-refractivity contribution is 5.71. The summed E-state index contributed by atoms with van der Waals surface area (Å²) < 4.78 is 16.9. The molecule has 1 atom stereocenters. The van der Waals surface area contributed by atoms with E-state index in [4.69, 9.17) is 14.2 Å². The molecule has 0 spiro atoms. The maximum atomic E-state index is 12.9. The van der Waals surface area contributed by atoms with Gasteiger partial charge >= 0.3 is 17.9 Å². The number of esters is 3. The highest BCUT2D eigenvalue weighted by atomic mass is 16.6. The lowest BCUT2D eigenvalue weighted by molar-refractivity contribution is -0.167. The SMILES string of the molecule is CC/C=C\C/C=C\C/C=C\C/C=C\C/C=C\C/C=C\C/C=C\C/C=C\CCCCCCCCCCC(=O)OCC(COC(=O)CCCCC/C=C\C/C=C\C/C=C\CC)OC(=O)CCCCCCCCCCCCCCCCCCC. The van der Waals surface area contributed by atoms with Crippen molar-refractivity contribution in [3.63, 3.8) is 0 Å². The average Bonchev–Trinajstić information content (AvgIpc) is 3.46. The molecule has 6 nitrogen and oxygen atoms in total. The van der Waals surface area contributed by atoms with E-state index in [1.165, 1.54) is 122 Å². The second-order valence-corrected chi connectivity index (χ2v) is 22.0. The topological polar surface area (TPSA) is 78.9 Å². The lowest BCUT2D eigenvalue weighted by Gasteiger charge is -2.18. The van der Waals surface area contributed by atoms with Crippen LogP contribution in [-0.2, 0) is 28.6 Å². The maximum Gasteiger partial charge on any atom is 0.306 e. The molecular weight excluding hydrogens is 997 g/mol. The Morgan fingerprint density at radius 2 is 0.481 bits per heavy atom. The van der Waals surface area contributed by atoms with Crippen molar-refractivity contribution >= 4 is 17.9 Å². The zero-order chi connectivity index (χ0) is 58.5.